The van der Waals surface area contributed by atoms with Crippen molar-refractivity contribution in [3.8, 4) is 0 Å². The smallest absolute Gasteiger partial charge is 0.0781 e. The molecule has 1 heterocycles. The summed E-state index contributed by atoms with van der Waals surface area (Å²) in [5.41, 5.74) is 3.39. The highest BCUT2D eigenvalue weighted by molar-refractivity contribution is 5.56. The van der Waals surface area contributed by atoms with Gasteiger partial charge in [0.15, 0.2) is 0 Å². The third-order valence-corrected chi connectivity index (χ3v) is 2.99. The Hall–Kier alpha value is -1.06. The zero-order chi connectivity index (χ0) is 11.5. The molecule has 0 amide bonds. The Morgan fingerprint density at radius 2 is 2.00 bits per heavy atom. The van der Waals surface area contributed by atoms with Crippen molar-refractivity contribution in [1.29, 1.82) is 0 Å². The summed E-state index contributed by atoms with van der Waals surface area (Å²) in [7, 11) is 0. The summed E-state index contributed by atoms with van der Waals surface area (Å²) in [5.74, 6) is 0. The van der Waals surface area contributed by atoms with Gasteiger partial charge in [-0.2, -0.15) is 0 Å². The second-order valence-electron chi connectivity index (χ2n) is 4.34. The van der Waals surface area contributed by atoms with Gasteiger partial charge in [-0.15, -0.1) is 0 Å². The summed E-state index contributed by atoms with van der Waals surface area (Å²) < 4.78 is 5.35. The fourth-order valence-corrected chi connectivity index (χ4v) is 2.09. The Morgan fingerprint density at radius 1 is 1.31 bits per heavy atom. The van der Waals surface area contributed by atoms with Gasteiger partial charge in [-0.3, -0.25) is 0 Å². The van der Waals surface area contributed by atoms with Gasteiger partial charge in [0.1, 0.15) is 0 Å². The van der Waals surface area contributed by atoms with Crippen molar-refractivity contribution in [2.45, 2.75) is 20.0 Å². The highest BCUT2D eigenvalue weighted by Crippen LogP contribution is 2.28. The van der Waals surface area contributed by atoms with Crippen molar-refractivity contribution >= 4 is 5.69 Å². The molecule has 0 aliphatic carbocycles. The highest BCUT2D eigenvalue weighted by Gasteiger charge is 2.16. The summed E-state index contributed by atoms with van der Waals surface area (Å²) in [6, 6.07) is 6.21. The monoisotopic (exact) mass is 221 g/mol. The molecule has 1 fully saturated rings. The van der Waals surface area contributed by atoms with Gasteiger partial charge in [0.2, 0.25) is 0 Å². The average molecular weight is 221 g/mol. The number of aliphatic hydroxyl groups excluding tert-OH is 1. The first-order valence-corrected chi connectivity index (χ1v) is 5.80. The van der Waals surface area contributed by atoms with Gasteiger partial charge in [-0.1, -0.05) is 12.1 Å². The molecule has 3 heteroatoms. The Balaban J connectivity index is 2.32. The van der Waals surface area contributed by atoms with Crippen LogP contribution < -0.4 is 4.90 Å². The Labute approximate surface area is 96.6 Å². The van der Waals surface area contributed by atoms with Gasteiger partial charge in [0, 0.05) is 24.3 Å². The van der Waals surface area contributed by atoms with E-state index in [1.165, 1.54) is 5.56 Å². The molecule has 1 aromatic carbocycles. The van der Waals surface area contributed by atoms with Gasteiger partial charge in [0.25, 0.3) is 0 Å². The molecule has 1 aliphatic rings. The minimum absolute atomic E-state index is 0.418. The van der Waals surface area contributed by atoms with Gasteiger partial charge in [0.05, 0.1) is 19.3 Å². The summed E-state index contributed by atoms with van der Waals surface area (Å²) >= 11 is 0. The molecule has 1 aromatic rings. The van der Waals surface area contributed by atoms with Crippen LogP contribution in [-0.4, -0.2) is 31.4 Å². The first-order valence-electron chi connectivity index (χ1n) is 5.80. The fourth-order valence-electron chi connectivity index (χ4n) is 2.09. The van der Waals surface area contributed by atoms with Crippen LogP contribution in [0, 0.1) is 6.92 Å². The van der Waals surface area contributed by atoms with Crippen LogP contribution in [0.5, 0.6) is 0 Å². The van der Waals surface area contributed by atoms with Crippen LogP contribution in [0.15, 0.2) is 18.2 Å². The predicted octanol–water partition coefficient (Wildman–Crippen LogP) is 1.88. The number of rotatable bonds is 2. The molecule has 1 saturated heterocycles. The van der Waals surface area contributed by atoms with Crippen LogP contribution in [0.25, 0.3) is 0 Å². The molecule has 2 rings (SSSR count). The van der Waals surface area contributed by atoms with E-state index in [2.05, 4.69) is 17.9 Å². The maximum absolute atomic E-state index is 9.77. The predicted molar refractivity (Wildman–Crippen MR) is 64.8 cm³/mol. The number of anilines is 1. The van der Waals surface area contributed by atoms with E-state index in [9.17, 15) is 5.11 Å². The summed E-state index contributed by atoms with van der Waals surface area (Å²) in [4.78, 5) is 2.29. The molecular weight excluding hydrogens is 202 g/mol. The summed E-state index contributed by atoms with van der Waals surface area (Å²) in [5, 5.41) is 9.77. The molecule has 1 N–H and O–H groups in total. The van der Waals surface area contributed by atoms with Gasteiger partial charge >= 0.3 is 0 Å². The second-order valence-corrected chi connectivity index (χ2v) is 4.34. The van der Waals surface area contributed by atoms with Crippen LogP contribution in [0.1, 0.15) is 24.2 Å². The lowest BCUT2D eigenvalue weighted by Gasteiger charge is -2.31. The minimum atomic E-state index is -0.418. The van der Waals surface area contributed by atoms with Crippen molar-refractivity contribution in [3.05, 3.63) is 29.3 Å². The summed E-state index contributed by atoms with van der Waals surface area (Å²) in [6.07, 6.45) is -0.418. The zero-order valence-electron chi connectivity index (χ0n) is 9.94. The van der Waals surface area contributed by atoms with E-state index in [-0.39, 0.29) is 0 Å². The van der Waals surface area contributed by atoms with Crippen LogP contribution in [-0.2, 0) is 4.74 Å². The molecular formula is C13H19NO2. The van der Waals surface area contributed by atoms with Crippen molar-refractivity contribution in [3.63, 3.8) is 0 Å². The fraction of sp³-hybridized carbons (Fsp3) is 0.538. The van der Waals surface area contributed by atoms with E-state index < -0.39 is 6.10 Å². The number of hydrogen-bond acceptors (Lipinski definition) is 3. The van der Waals surface area contributed by atoms with E-state index in [0.29, 0.717) is 0 Å². The number of aryl methyl sites for hydroxylation is 1. The van der Waals surface area contributed by atoms with Crippen LogP contribution in [0.4, 0.5) is 5.69 Å². The molecule has 16 heavy (non-hydrogen) atoms. The van der Waals surface area contributed by atoms with E-state index in [4.69, 9.17) is 4.74 Å². The standard InChI is InChI=1S/C13H19NO2/c1-10-3-4-12(11(2)15)13(9-10)14-5-7-16-8-6-14/h3-4,9,11,15H,5-8H2,1-2H3. The lowest BCUT2D eigenvalue weighted by Crippen LogP contribution is -2.37. The van der Waals surface area contributed by atoms with E-state index in [1.807, 2.05) is 19.1 Å². The van der Waals surface area contributed by atoms with Crippen molar-refractivity contribution in [1.82, 2.24) is 0 Å². The molecule has 88 valence electrons. The molecule has 0 radical (unpaired) electrons. The second kappa shape index (κ2) is 4.85. The first kappa shape index (κ1) is 11.4. The van der Waals surface area contributed by atoms with Crippen LogP contribution in [0.2, 0.25) is 0 Å². The molecule has 0 spiro atoms. The van der Waals surface area contributed by atoms with Gasteiger partial charge < -0.3 is 14.7 Å². The van der Waals surface area contributed by atoms with Crippen molar-refractivity contribution in [2.24, 2.45) is 0 Å². The summed E-state index contributed by atoms with van der Waals surface area (Å²) in [6.45, 7) is 7.25. The first-order chi connectivity index (χ1) is 7.68. The third kappa shape index (κ3) is 2.36. The normalized spacial score (nSPS) is 18.6. The maximum Gasteiger partial charge on any atom is 0.0781 e. The Morgan fingerprint density at radius 3 is 2.62 bits per heavy atom. The van der Waals surface area contributed by atoms with Gasteiger partial charge in [-0.05, 0) is 25.5 Å². The van der Waals surface area contributed by atoms with Crippen LogP contribution in [0.3, 0.4) is 0 Å². The number of benzene rings is 1. The molecule has 1 aliphatic heterocycles. The van der Waals surface area contributed by atoms with Gasteiger partial charge in [-0.25, -0.2) is 0 Å². The number of hydrogen-bond donors (Lipinski definition) is 1. The average Bonchev–Trinajstić information content (AvgIpc) is 2.29. The van der Waals surface area contributed by atoms with Crippen LogP contribution >= 0.6 is 0 Å². The highest BCUT2D eigenvalue weighted by atomic mass is 16.5. The quantitative estimate of drug-likeness (QED) is 0.827. The SMILES string of the molecule is Cc1ccc(C(C)O)c(N2CCOCC2)c1. The molecule has 3 nitrogen and oxygen atoms in total. The lowest BCUT2D eigenvalue weighted by atomic mass is 10.0. The largest absolute Gasteiger partial charge is 0.389 e. The molecule has 0 bridgehead atoms. The zero-order valence-corrected chi connectivity index (χ0v) is 9.94. The third-order valence-electron chi connectivity index (χ3n) is 2.99. The Kier molecular flexibility index (Phi) is 3.46. The molecule has 0 saturated carbocycles. The molecule has 1 unspecified atom stereocenters. The number of morpholine rings is 1. The van der Waals surface area contributed by atoms with Crippen molar-refractivity contribution < 1.29 is 9.84 Å². The topological polar surface area (TPSA) is 32.7 Å². The van der Waals surface area contributed by atoms with Crippen molar-refractivity contribution in [2.75, 3.05) is 31.2 Å². The molecule has 1 atom stereocenters. The molecule has 0 aromatic heterocycles. The van der Waals surface area contributed by atoms with E-state index in [1.54, 1.807) is 0 Å². The number of ether oxygens (including phenoxy) is 1. The Bertz CT molecular complexity index is 357. The number of aliphatic hydroxyl groups is 1. The van der Waals surface area contributed by atoms with E-state index in [0.717, 1.165) is 37.6 Å². The maximum atomic E-state index is 9.77. The minimum Gasteiger partial charge on any atom is -0.389 e. The van der Waals surface area contributed by atoms with E-state index >= 15 is 0 Å². The number of nitrogens with zero attached hydrogens (tertiary/aromatic N) is 1. The lowest BCUT2D eigenvalue weighted by molar-refractivity contribution is 0.122.